The average molecular weight is 330 g/mol. The summed E-state index contributed by atoms with van der Waals surface area (Å²) in [6, 6.07) is 5.62. The van der Waals surface area contributed by atoms with Gasteiger partial charge in [0, 0.05) is 25.6 Å². The van der Waals surface area contributed by atoms with Crippen molar-refractivity contribution in [3.63, 3.8) is 0 Å². The summed E-state index contributed by atoms with van der Waals surface area (Å²) in [7, 11) is 0. The molecular weight excluding hydrogens is 313 g/mol. The summed E-state index contributed by atoms with van der Waals surface area (Å²) >= 11 is 3.20. The van der Waals surface area contributed by atoms with Crippen molar-refractivity contribution < 1.29 is 9.60 Å². The van der Waals surface area contributed by atoms with Gasteiger partial charge in [-0.2, -0.15) is 0 Å². The van der Waals surface area contributed by atoms with Crippen LogP contribution in [0.5, 0.6) is 0 Å². The van der Waals surface area contributed by atoms with E-state index in [9.17, 15) is 4.39 Å². The molecule has 1 aliphatic carbocycles. The molecule has 0 bridgehead atoms. The fraction of sp³-hybridized carbons (Fsp3) is 0.462. The number of oxime groups is 1. The Hall–Kier alpha value is -1.14. The van der Waals surface area contributed by atoms with Crippen molar-refractivity contribution in [2.45, 2.75) is 31.8 Å². The van der Waals surface area contributed by atoms with E-state index in [0.717, 1.165) is 18.7 Å². The average Bonchev–Trinajstić information content (AvgIpc) is 3.22. The predicted octanol–water partition coefficient (Wildman–Crippen LogP) is 2.69. The van der Waals surface area contributed by atoms with Crippen LogP contribution in [0.3, 0.4) is 0 Å². The molecule has 0 aliphatic heterocycles. The van der Waals surface area contributed by atoms with Crippen LogP contribution in [0.2, 0.25) is 0 Å². The van der Waals surface area contributed by atoms with Crippen LogP contribution in [0, 0.1) is 5.82 Å². The van der Waals surface area contributed by atoms with Crippen molar-refractivity contribution in [2.24, 2.45) is 10.9 Å². The summed E-state index contributed by atoms with van der Waals surface area (Å²) in [4.78, 5) is 2.29. The Bertz CT molecular complexity index is 477. The normalized spacial score (nSPS) is 16.1. The molecule has 0 spiro atoms. The number of nitrogens with two attached hydrogens (primary N) is 1. The molecule has 104 valence electrons. The fourth-order valence-electron chi connectivity index (χ4n) is 2.01. The van der Waals surface area contributed by atoms with Gasteiger partial charge in [-0.25, -0.2) is 4.39 Å². The van der Waals surface area contributed by atoms with E-state index in [1.54, 1.807) is 12.1 Å². The van der Waals surface area contributed by atoms with E-state index in [-0.39, 0.29) is 11.7 Å². The van der Waals surface area contributed by atoms with Crippen LogP contribution >= 0.6 is 15.9 Å². The number of benzene rings is 1. The summed E-state index contributed by atoms with van der Waals surface area (Å²) < 4.78 is 13.7. The first-order valence-corrected chi connectivity index (χ1v) is 7.04. The van der Waals surface area contributed by atoms with Crippen molar-refractivity contribution in [1.29, 1.82) is 0 Å². The molecule has 19 heavy (non-hydrogen) atoms. The molecule has 1 saturated carbocycles. The maximum Gasteiger partial charge on any atom is 0.140 e. The van der Waals surface area contributed by atoms with Crippen LogP contribution in [-0.4, -0.2) is 28.5 Å². The van der Waals surface area contributed by atoms with Crippen molar-refractivity contribution in [3.05, 3.63) is 34.1 Å². The molecular formula is C13H17BrFN3O. The molecule has 0 radical (unpaired) electrons. The van der Waals surface area contributed by atoms with Gasteiger partial charge in [-0.05, 0) is 46.5 Å². The SMILES string of the molecule is NC(CCN(Cc1ccc(F)c(Br)c1)C1CC1)=NO. The number of rotatable bonds is 6. The molecule has 1 aromatic carbocycles. The van der Waals surface area contributed by atoms with Gasteiger partial charge in [-0.1, -0.05) is 11.2 Å². The van der Waals surface area contributed by atoms with Crippen molar-refractivity contribution >= 4 is 21.8 Å². The highest BCUT2D eigenvalue weighted by Crippen LogP contribution is 2.29. The maximum atomic E-state index is 13.2. The van der Waals surface area contributed by atoms with Gasteiger partial charge >= 0.3 is 0 Å². The second-order valence-electron chi connectivity index (χ2n) is 4.79. The third kappa shape index (κ3) is 4.18. The summed E-state index contributed by atoms with van der Waals surface area (Å²) in [5.41, 5.74) is 6.55. The van der Waals surface area contributed by atoms with Gasteiger partial charge in [0.05, 0.1) is 4.47 Å². The Morgan fingerprint density at radius 2 is 2.26 bits per heavy atom. The van der Waals surface area contributed by atoms with E-state index in [1.807, 2.05) is 0 Å². The molecule has 0 aromatic heterocycles. The van der Waals surface area contributed by atoms with Gasteiger partial charge in [-0.3, -0.25) is 4.90 Å². The molecule has 3 N–H and O–H groups in total. The molecule has 1 aromatic rings. The lowest BCUT2D eigenvalue weighted by Gasteiger charge is -2.21. The van der Waals surface area contributed by atoms with E-state index < -0.39 is 0 Å². The summed E-state index contributed by atoms with van der Waals surface area (Å²) in [6.07, 6.45) is 2.90. The van der Waals surface area contributed by atoms with Crippen molar-refractivity contribution in [1.82, 2.24) is 4.90 Å². The number of hydrogen-bond donors (Lipinski definition) is 2. The highest BCUT2D eigenvalue weighted by atomic mass is 79.9. The van der Waals surface area contributed by atoms with Gasteiger partial charge in [0.1, 0.15) is 11.7 Å². The zero-order valence-electron chi connectivity index (χ0n) is 10.5. The second-order valence-corrected chi connectivity index (χ2v) is 5.65. The first-order chi connectivity index (χ1) is 9.10. The molecule has 2 rings (SSSR count). The number of hydrogen-bond acceptors (Lipinski definition) is 3. The lowest BCUT2D eigenvalue weighted by molar-refractivity contribution is 0.259. The number of amidine groups is 1. The van der Waals surface area contributed by atoms with Crippen LogP contribution in [-0.2, 0) is 6.54 Å². The Morgan fingerprint density at radius 1 is 1.53 bits per heavy atom. The van der Waals surface area contributed by atoms with E-state index >= 15 is 0 Å². The minimum atomic E-state index is -0.251. The van der Waals surface area contributed by atoms with E-state index in [0.29, 0.717) is 16.9 Å². The molecule has 1 fully saturated rings. The third-order valence-corrected chi connectivity index (χ3v) is 3.82. The molecule has 0 amide bonds. The summed E-state index contributed by atoms with van der Waals surface area (Å²) in [5.74, 6) is -0.00989. The minimum Gasteiger partial charge on any atom is -0.409 e. The van der Waals surface area contributed by atoms with Crippen LogP contribution in [0.1, 0.15) is 24.8 Å². The molecule has 4 nitrogen and oxygen atoms in total. The second kappa shape index (κ2) is 6.34. The molecule has 1 aliphatic rings. The Kier molecular flexibility index (Phi) is 4.76. The monoisotopic (exact) mass is 329 g/mol. The van der Waals surface area contributed by atoms with Crippen LogP contribution in [0.15, 0.2) is 27.8 Å². The zero-order chi connectivity index (χ0) is 13.8. The van der Waals surface area contributed by atoms with Gasteiger partial charge in [0.15, 0.2) is 0 Å². The van der Waals surface area contributed by atoms with Crippen molar-refractivity contribution in [2.75, 3.05) is 6.54 Å². The van der Waals surface area contributed by atoms with Crippen LogP contribution < -0.4 is 5.73 Å². The van der Waals surface area contributed by atoms with Gasteiger partial charge in [0.2, 0.25) is 0 Å². The lowest BCUT2D eigenvalue weighted by Crippen LogP contribution is -2.29. The maximum absolute atomic E-state index is 13.2. The first-order valence-electron chi connectivity index (χ1n) is 6.24. The molecule has 6 heteroatoms. The minimum absolute atomic E-state index is 0.242. The van der Waals surface area contributed by atoms with Crippen LogP contribution in [0.4, 0.5) is 4.39 Å². The Labute approximate surface area is 120 Å². The topological polar surface area (TPSA) is 61.8 Å². The number of nitrogens with zero attached hydrogens (tertiary/aromatic N) is 2. The smallest absolute Gasteiger partial charge is 0.140 e. The number of halogens is 2. The van der Waals surface area contributed by atoms with E-state index in [4.69, 9.17) is 10.9 Å². The molecule has 0 atom stereocenters. The standard InChI is InChI=1S/C13H17BrFN3O/c14-11-7-9(1-4-12(11)15)8-18(10-2-3-10)6-5-13(16)17-19/h1,4,7,10,19H,2-3,5-6,8H2,(H2,16,17). The predicted molar refractivity (Wildman–Crippen MR) is 75.6 cm³/mol. The van der Waals surface area contributed by atoms with E-state index in [1.165, 1.54) is 18.9 Å². The van der Waals surface area contributed by atoms with Gasteiger partial charge in [-0.15, -0.1) is 0 Å². The van der Waals surface area contributed by atoms with Crippen LogP contribution in [0.25, 0.3) is 0 Å². The molecule has 0 unspecified atom stereocenters. The van der Waals surface area contributed by atoms with E-state index in [2.05, 4.69) is 26.0 Å². The first kappa shape index (κ1) is 14.3. The highest BCUT2D eigenvalue weighted by Gasteiger charge is 2.28. The lowest BCUT2D eigenvalue weighted by atomic mass is 10.2. The Balaban J connectivity index is 1.98. The quantitative estimate of drug-likeness (QED) is 0.365. The van der Waals surface area contributed by atoms with Gasteiger partial charge in [0.25, 0.3) is 0 Å². The summed E-state index contributed by atoms with van der Waals surface area (Å²) in [6.45, 7) is 1.50. The fourth-order valence-corrected chi connectivity index (χ4v) is 2.44. The van der Waals surface area contributed by atoms with Gasteiger partial charge < -0.3 is 10.9 Å². The van der Waals surface area contributed by atoms with Crippen molar-refractivity contribution in [3.8, 4) is 0 Å². The summed E-state index contributed by atoms with van der Waals surface area (Å²) in [5, 5.41) is 11.5. The highest BCUT2D eigenvalue weighted by molar-refractivity contribution is 9.10. The largest absolute Gasteiger partial charge is 0.409 e. The third-order valence-electron chi connectivity index (χ3n) is 3.22. The molecule has 0 saturated heterocycles. The molecule has 0 heterocycles. The Morgan fingerprint density at radius 3 is 2.84 bits per heavy atom. The zero-order valence-corrected chi connectivity index (χ0v) is 12.1.